The van der Waals surface area contributed by atoms with Gasteiger partial charge >= 0.3 is 0 Å². The first-order valence-electron chi connectivity index (χ1n) is 7.72. The molecule has 1 fully saturated rings. The van der Waals surface area contributed by atoms with Crippen molar-refractivity contribution in [1.82, 2.24) is 5.32 Å². The number of ether oxygens (including phenoxy) is 1. The predicted molar refractivity (Wildman–Crippen MR) is 85.7 cm³/mol. The van der Waals surface area contributed by atoms with Gasteiger partial charge in [0.2, 0.25) is 0 Å². The first-order valence-corrected chi connectivity index (χ1v) is 7.72. The van der Waals surface area contributed by atoms with E-state index in [1.165, 1.54) is 36.9 Å². The highest BCUT2D eigenvalue weighted by molar-refractivity contribution is 5.60. The van der Waals surface area contributed by atoms with Gasteiger partial charge in [0, 0.05) is 30.9 Å². The van der Waals surface area contributed by atoms with Crippen LogP contribution in [0.3, 0.4) is 0 Å². The fraction of sp³-hybridized carbons (Fsp3) is 0.647. The molecule has 0 heterocycles. The van der Waals surface area contributed by atoms with E-state index >= 15 is 0 Å². The molecule has 3 heteroatoms. The van der Waals surface area contributed by atoms with E-state index in [1.807, 2.05) is 7.05 Å². The van der Waals surface area contributed by atoms with Crippen molar-refractivity contribution in [2.75, 3.05) is 32.6 Å². The van der Waals surface area contributed by atoms with Crippen LogP contribution in [-0.2, 0) is 0 Å². The summed E-state index contributed by atoms with van der Waals surface area (Å²) in [5, 5.41) is 3.34. The number of nitrogens with zero attached hydrogens (tertiary/aromatic N) is 1. The summed E-state index contributed by atoms with van der Waals surface area (Å²) in [4.78, 5) is 2.40. The fourth-order valence-corrected chi connectivity index (χ4v) is 3.30. The molecule has 1 atom stereocenters. The van der Waals surface area contributed by atoms with Crippen molar-refractivity contribution < 1.29 is 4.74 Å². The molecule has 1 saturated carbocycles. The molecular formula is C17H28N2O. The molecule has 0 aliphatic heterocycles. The van der Waals surface area contributed by atoms with Crippen molar-refractivity contribution in [3.63, 3.8) is 0 Å². The lowest BCUT2D eigenvalue weighted by atomic mass is 10.0. The van der Waals surface area contributed by atoms with E-state index in [9.17, 15) is 0 Å². The number of methoxy groups -OCH3 is 1. The lowest BCUT2D eigenvalue weighted by molar-refractivity contribution is 0.403. The third-order valence-corrected chi connectivity index (χ3v) is 4.55. The highest BCUT2D eigenvalue weighted by Gasteiger charge is 2.21. The van der Waals surface area contributed by atoms with Gasteiger partial charge in [0.25, 0.3) is 0 Å². The Hall–Kier alpha value is -1.22. The Bertz CT molecular complexity index is 427. The predicted octanol–water partition coefficient (Wildman–Crippen LogP) is 3.60. The standard InChI is InChI=1S/C17H28N2O/c1-13(18-2)17-15(10-7-11-16(17)20-4)19(3)12-14-8-5-6-9-14/h7,10-11,13-14,18H,5-6,8-9,12H2,1-4H3. The molecule has 20 heavy (non-hydrogen) atoms. The van der Waals surface area contributed by atoms with Crippen molar-refractivity contribution in [3.05, 3.63) is 23.8 Å². The first-order chi connectivity index (χ1) is 9.67. The minimum absolute atomic E-state index is 0.284. The van der Waals surface area contributed by atoms with Gasteiger partial charge in [0.1, 0.15) is 5.75 Å². The molecule has 0 aromatic heterocycles. The van der Waals surface area contributed by atoms with Crippen LogP contribution in [0, 0.1) is 5.92 Å². The second-order valence-electron chi connectivity index (χ2n) is 5.93. The zero-order valence-electron chi connectivity index (χ0n) is 13.3. The Morgan fingerprint density at radius 1 is 1.35 bits per heavy atom. The lowest BCUT2D eigenvalue weighted by Gasteiger charge is -2.28. The van der Waals surface area contributed by atoms with E-state index in [1.54, 1.807) is 7.11 Å². The average molecular weight is 276 g/mol. The van der Waals surface area contributed by atoms with Crippen LogP contribution in [0.4, 0.5) is 5.69 Å². The Morgan fingerprint density at radius 2 is 2.05 bits per heavy atom. The summed E-state index contributed by atoms with van der Waals surface area (Å²) in [7, 11) is 5.96. The Balaban J connectivity index is 2.24. The Labute approximate surface area is 123 Å². The summed E-state index contributed by atoms with van der Waals surface area (Å²) in [5.74, 6) is 1.83. The first kappa shape index (κ1) is 15.2. The summed E-state index contributed by atoms with van der Waals surface area (Å²) < 4.78 is 5.56. The summed E-state index contributed by atoms with van der Waals surface area (Å²) in [5.41, 5.74) is 2.55. The smallest absolute Gasteiger partial charge is 0.125 e. The monoisotopic (exact) mass is 276 g/mol. The third kappa shape index (κ3) is 3.26. The molecule has 0 amide bonds. The van der Waals surface area contributed by atoms with Crippen LogP contribution >= 0.6 is 0 Å². The largest absolute Gasteiger partial charge is 0.496 e. The summed E-state index contributed by atoms with van der Waals surface area (Å²) in [6.45, 7) is 3.33. The molecule has 1 aliphatic carbocycles. The van der Waals surface area contributed by atoms with Gasteiger partial charge in [-0.05, 0) is 44.9 Å². The minimum Gasteiger partial charge on any atom is -0.496 e. The second-order valence-corrected chi connectivity index (χ2v) is 5.93. The van der Waals surface area contributed by atoms with Crippen LogP contribution in [0.5, 0.6) is 5.75 Å². The van der Waals surface area contributed by atoms with Gasteiger partial charge in [0.15, 0.2) is 0 Å². The number of hydrogen-bond donors (Lipinski definition) is 1. The van der Waals surface area contributed by atoms with Gasteiger partial charge in [-0.3, -0.25) is 0 Å². The van der Waals surface area contributed by atoms with E-state index in [0.29, 0.717) is 0 Å². The van der Waals surface area contributed by atoms with E-state index < -0.39 is 0 Å². The highest BCUT2D eigenvalue weighted by atomic mass is 16.5. The molecule has 1 aromatic carbocycles. The van der Waals surface area contributed by atoms with Gasteiger partial charge in [-0.15, -0.1) is 0 Å². The molecule has 3 nitrogen and oxygen atoms in total. The van der Waals surface area contributed by atoms with Crippen molar-refractivity contribution in [2.24, 2.45) is 5.92 Å². The normalized spacial score (nSPS) is 17.2. The Morgan fingerprint density at radius 3 is 2.65 bits per heavy atom. The van der Waals surface area contributed by atoms with E-state index in [4.69, 9.17) is 4.74 Å². The van der Waals surface area contributed by atoms with Gasteiger partial charge in [-0.25, -0.2) is 0 Å². The lowest BCUT2D eigenvalue weighted by Crippen LogP contribution is -2.27. The van der Waals surface area contributed by atoms with Crippen molar-refractivity contribution in [3.8, 4) is 5.75 Å². The summed E-state index contributed by atoms with van der Waals surface area (Å²) in [6.07, 6.45) is 5.56. The Kier molecular flexibility index (Phi) is 5.30. The number of nitrogens with one attached hydrogen (secondary N) is 1. The molecule has 0 spiro atoms. The third-order valence-electron chi connectivity index (χ3n) is 4.55. The van der Waals surface area contributed by atoms with Crippen LogP contribution < -0.4 is 15.0 Å². The maximum Gasteiger partial charge on any atom is 0.125 e. The molecule has 0 bridgehead atoms. The number of anilines is 1. The van der Waals surface area contributed by atoms with Crippen molar-refractivity contribution in [2.45, 2.75) is 38.6 Å². The van der Waals surface area contributed by atoms with Gasteiger partial charge in [-0.1, -0.05) is 18.9 Å². The van der Waals surface area contributed by atoms with Crippen LogP contribution in [0.25, 0.3) is 0 Å². The number of rotatable bonds is 6. The molecule has 0 radical (unpaired) electrons. The zero-order chi connectivity index (χ0) is 14.5. The molecule has 0 saturated heterocycles. The topological polar surface area (TPSA) is 24.5 Å². The maximum absolute atomic E-state index is 5.56. The molecule has 1 aliphatic rings. The maximum atomic E-state index is 5.56. The van der Waals surface area contributed by atoms with E-state index in [2.05, 4.69) is 42.4 Å². The highest BCUT2D eigenvalue weighted by Crippen LogP contribution is 2.35. The van der Waals surface area contributed by atoms with Crippen molar-refractivity contribution in [1.29, 1.82) is 0 Å². The van der Waals surface area contributed by atoms with Crippen LogP contribution in [-0.4, -0.2) is 27.7 Å². The van der Waals surface area contributed by atoms with E-state index in [0.717, 1.165) is 18.2 Å². The molecule has 112 valence electrons. The molecule has 1 N–H and O–H groups in total. The van der Waals surface area contributed by atoms with Crippen LogP contribution in [0.2, 0.25) is 0 Å². The van der Waals surface area contributed by atoms with E-state index in [-0.39, 0.29) is 6.04 Å². The number of benzene rings is 1. The van der Waals surface area contributed by atoms with Gasteiger partial charge < -0.3 is 15.0 Å². The second kappa shape index (κ2) is 6.98. The molecular weight excluding hydrogens is 248 g/mol. The number of hydrogen-bond acceptors (Lipinski definition) is 3. The summed E-state index contributed by atoms with van der Waals surface area (Å²) in [6, 6.07) is 6.63. The molecule has 1 unspecified atom stereocenters. The van der Waals surface area contributed by atoms with Gasteiger partial charge in [0.05, 0.1) is 7.11 Å². The van der Waals surface area contributed by atoms with Gasteiger partial charge in [-0.2, -0.15) is 0 Å². The van der Waals surface area contributed by atoms with Crippen LogP contribution in [0.15, 0.2) is 18.2 Å². The zero-order valence-corrected chi connectivity index (χ0v) is 13.3. The van der Waals surface area contributed by atoms with Crippen LogP contribution in [0.1, 0.15) is 44.2 Å². The fourth-order valence-electron chi connectivity index (χ4n) is 3.30. The molecule has 2 rings (SSSR count). The van der Waals surface area contributed by atoms with Crippen molar-refractivity contribution >= 4 is 5.69 Å². The average Bonchev–Trinajstić information content (AvgIpc) is 2.98. The minimum atomic E-state index is 0.284. The molecule has 1 aromatic rings. The SMILES string of the molecule is CNC(C)c1c(OC)cccc1N(C)CC1CCCC1. The quantitative estimate of drug-likeness (QED) is 0.859. The summed E-state index contributed by atoms with van der Waals surface area (Å²) >= 11 is 0.